The molecule has 0 unspecified atom stereocenters. The second-order valence-electron chi connectivity index (χ2n) is 5.21. The van der Waals surface area contributed by atoms with Crippen LogP contribution in [0, 0.1) is 0 Å². The number of aromatic hydroxyl groups is 1. The van der Waals surface area contributed by atoms with Gasteiger partial charge in [0, 0.05) is 0 Å². The zero-order valence-electron chi connectivity index (χ0n) is 13.1. The van der Waals surface area contributed by atoms with Gasteiger partial charge in [-0.25, -0.2) is 0 Å². The van der Waals surface area contributed by atoms with Crippen LogP contribution in [0.15, 0.2) is 54.1 Å². The highest BCUT2D eigenvalue weighted by molar-refractivity contribution is 6.25. The fraction of sp³-hybridized carbons (Fsp3) is 0.111. The van der Waals surface area contributed by atoms with Crippen LogP contribution in [0.1, 0.15) is 18.1 Å². The maximum absolute atomic E-state index is 13.0. The van der Waals surface area contributed by atoms with E-state index in [-0.39, 0.29) is 11.3 Å². The van der Waals surface area contributed by atoms with Crippen molar-refractivity contribution in [2.75, 3.05) is 5.32 Å². The number of ketones is 1. The van der Waals surface area contributed by atoms with E-state index in [1.807, 2.05) is 0 Å². The van der Waals surface area contributed by atoms with E-state index in [0.717, 1.165) is 19.1 Å². The highest BCUT2D eigenvalue weighted by Gasteiger charge is 2.33. The summed E-state index contributed by atoms with van der Waals surface area (Å²) in [7, 11) is 0. The summed E-state index contributed by atoms with van der Waals surface area (Å²) in [6.45, 7) is 1.13. The molecule has 0 radical (unpaired) electrons. The second-order valence-corrected chi connectivity index (χ2v) is 5.21. The normalized spacial score (nSPS) is 11.9. The SMILES string of the molecule is CC(=O)/C(=C\c1cccc(O)c1)C(=O)Nc1ccccc1C(F)(F)F. The number of nitrogens with one attached hydrogen (secondary N) is 1. The number of carbonyl (C=O) groups is 2. The van der Waals surface area contributed by atoms with Crippen molar-refractivity contribution in [1.29, 1.82) is 0 Å². The molecule has 0 aliphatic carbocycles. The van der Waals surface area contributed by atoms with Gasteiger partial charge in [0.25, 0.3) is 5.91 Å². The zero-order valence-corrected chi connectivity index (χ0v) is 13.1. The van der Waals surface area contributed by atoms with Crippen LogP contribution in [-0.2, 0) is 15.8 Å². The number of halogens is 3. The molecule has 0 atom stereocenters. The highest BCUT2D eigenvalue weighted by Crippen LogP contribution is 2.34. The number of para-hydroxylation sites is 1. The number of hydrogen-bond donors (Lipinski definition) is 2. The van der Waals surface area contributed by atoms with Gasteiger partial charge in [0.1, 0.15) is 5.75 Å². The Morgan fingerprint density at radius 1 is 1.08 bits per heavy atom. The summed E-state index contributed by atoms with van der Waals surface area (Å²) in [5, 5.41) is 11.5. The predicted molar refractivity (Wildman–Crippen MR) is 86.8 cm³/mol. The molecular formula is C18H14F3NO3. The lowest BCUT2D eigenvalue weighted by atomic mass is 10.1. The minimum absolute atomic E-state index is 0.0699. The average molecular weight is 349 g/mol. The van der Waals surface area contributed by atoms with Gasteiger partial charge in [-0.2, -0.15) is 13.2 Å². The van der Waals surface area contributed by atoms with Gasteiger partial charge >= 0.3 is 6.18 Å². The van der Waals surface area contributed by atoms with Crippen LogP contribution in [0.3, 0.4) is 0 Å². The Hall–Kier alpha value is -3.09. The first kappa shape index (κ1) is 18.3. The number of alkyl halides is 3. The lowest BCUT2D eigenvalue weighted by Gasteiger charge is -2.14. The molecule has 0 bridgehead atoms. The Morgan fingerprint density at radius 3 is 2.36 bits per heavy atom. The van der Waals surface area contributed by atoms with E-state index in [1.165, 1.54) is 36.4 Å². The van der Waals surface area contributed by atoms with Crippen LogP contribution in [0.25, 0.3) is 6.08 Å². The van der Waals surface area contributed by atoms with Gasteiger partial charge in [0.2, 0.25) is 0 Å². The van der Waals surface area contributed by atoms with Crippen LogP contribution >= 0.6 is 0 Å². The maximum atomic E-state index is 13.0. The molecule has 1 amide bonds. The number of phenolic OH excluding ortho intramolecular Hbond substituents is 1. The van der Waals surface area contributed by atoms with E-state index < -0.39 is 29.1 Å². The van der Waals surface area contributed by atoms with Crippen molar-refractivity contribution >= 4 is 23.5 Å². The van der Waals surface area contributed by atoms with Crippen molar-refractivity contribution in [1.82, 2.24) is 0 Å². The van der Waals surface area contributed by atoms with Crippen molar-refractivity contribution < 1.29 is 27.9 Å². The van der Waals surface area contributed by atoms with Crippen LogP contribution in [0.4, 0.5) is 18.9 Å². The third-order valence-electron chi connectivity index (χ3n) is 3.29. The Kier molecular flexibility index (Phi) is 5.26. The molecule has 0 aliphatic rings. The maximum Gasteiger partial charge on any atom is 0.418 e. The number of anilines is 1. The molecule has 0 spiro atoms. The van der Waals surface area contributed by atoms with Crippen molar-refractivity contribution in [3.63, 3.8) is 0 Å². The van der Waals surface area contributed by atoms with Crippen molar-refractivity contribution in [3.8, 4) is 5.75 Å². The molecule has 25 heavy (non-hydrogen) atoms. The number of hydrogen-bond acceptors (Lipinski definition) is 3. The number of phenols is 1. The molecule has 0 saturated carbocycles. The smallest absolute Gasteiger partial charge is 0.418 e. The topological polar surface area (TPSA) is 66.4 Å². The number of benzene rings is 2. The largest absolute Gasteiger partial charge is 0.508 e. The van der Waals surface area contributed by atoms with Gasteiger partial charge in [-0.15, -0.1) is 0 Å². The number of carbonyl (C=O) groups excluding carboxylic acids is 2. The number of rotatable bonds is 4. The fourth-order valence-electron chi connectivity index (χ4n) is 2.14. The van der Waals surface area contributed by atoms with E-state index in [4.69, 9.17) is 0 Å². The Labute approximate surface area is 141 Å². The number of Topliss-reactive ketones (excluding diaryl/α,β-unsaturated/α-hetero) is 1. The first-order chi connectivity index (χ1) is 11.7. The van der Waals surface area contributed by atoms with Crippen molar-refractivity contribution in [2.45, 2.75) is 13.1 Å². The molecule has 2 aromatic rings. The van der Waals surface area contributed by atoms with Gasteiger partial charge in [-0.1, -0.05) is 24.3 Å². The van der Waals surface area contributed by atoms with Crippen molar-refractivity contribution in [3.05, 3.63) is 65.2 Å². The van der Waals surface area contributed by atoms with E-state index >= 15 is 0 Å². The summed E-state index contributed by atoms with van der Waals surface area (Å²) in [5.74, 6) is -1.66. The van der Waals surface area contributed by atoms with Gasteiger partial charge in [0.15, 0.2) is 5.78 Å². The standard InChI is InChI=1S/C18H14F3NO3/c1-11(23)14(10-12-5-4-6-13(24)9-12)17(25)22-16-8-3-2-7-15(16)18(19,20)21/h2-10,24H,1H3,(H,22,25)/b14-10+. The van der Waals surface area contributed by atoms with Gasteiger partial charge in [-0.05, 0) is 42.8 Å². The molecule has 0 saturated heterocycles. The summed E-state index contributed by atoms with van der Waals surface area (Å²) < 4.78 is 39.0. The molecule has 0 fully saturated rings. The second kappa shape index (κ2) is 7.21. The van der Waals surface area contributed by atoms with Crippen molar-refractivity contribution in [2.24, 2.45) is 0 Å². The molecule has 2 aromatic carbocycles. The molecule has 0 heterocycles. The Bertz CT molecular complexity index is 841. The zero-order chi connectivity index (χ0) is 18.6. The third-order valence-corrected chi connectivity index (χ3v) is 3.29. The molecule has 130 valence electrons. The van der Waals surface area contributed by atoms with Crippen LogP contribution in [-0.4, -0.2) is 16.8 Å². The Morgan fingerprint density at radius 2 is 1.76 bits per heavy atom. The summed E-state index contributed by atoms with van der Waals surface area (Å²) in [6.07, 6.45) is -3.44. The Balaban J connectivity index is 2.36. The molecule has 2 rings (SSSR count). The van der Waals surface area contributed by atoms with E-state index in [1.54, 1.807) is 6.07 Å². The summed E-state index contributed by atoms with van der Waals surface area (Å²) >= 11 is 0. The van der Waals surface area contributed by atoms with E-state index in [2.05, 4.69) is 5.32 Å². The first-order valence-corrected chi connectivity index (χ1v) is 7.17. The molecule has 0 aromatic heterocycles. The quantitative estimate of drug-likeness (QED) is 0.498. The molecule has 4 nitrogen and oxygen atoms in total. The van der Waals surface area contributed by atoms with Gasteiger partial charge in [-0.3, -0.25) is 9.59 Å². The van der Waals surface area contributed by atoms with Gasteiger partial charge in [0.05, 0.1) is 16.8 Å². The lowest BCUT2D eigenvalue weighted by Crippen LogP contribution is -2.21. The summed E-state index contributed by atoms with van der Waals surface area (Å²) in [5.41, 5.74) is -1.42. The predicted octanol–water partition coefficient (Wildman–Crippen LogP) is 4.02. The fourth-order valence-corrected chi connectivity index (χ4v) is 2.14. The van der Waals surface area contributed by atoms with Crippen LogP contribution < -0.4 is 5.32 Å². The minimum atomic E-state index is -4.64. The lowest BCUT2D eigenvalue weighted by molar-refractivity contribution is -0.137. The monoisotopic (exact) mass is 349 g/mol. The molecular weight excluding hydrogens is 335 g/mol. The minimum Gasteiger partial charge on any atom is -0.508 e. The third kappa shape index (κ3) is 4.69. The molecule has 7 heteroatoms. The average Bonchev–Trinajstić information content (AvgIpc) is 2.51. The van der Waals surface area contributed by atoms with Crippen LogP contribution in [0.5, 0.6) is 5.75 Å². The summed E-state index contributed by atoms with van der Waals surface area (Å²) in [4.78, 5) is 24.0. The molecule has 2 N–H and O–H groups in total. The van der Waals surface area contributed by atoms with E-state index in [9.17, 15) is 27.9 Å². The van der Waals surface area contributed by atoms with Crippen LogP contribution in [0.2, 0.25) is 0 Å². The first-order valence-electron chi connectivity index (χ1n) is 7.17. The molecule has 0 aliphatic heterocycles. The summed E-state index contributed by atoms with van der Waals surface area (Å²) in [6, 6.07) is 10.3. The van der Waals surface area contributed by atoms with E-state index in [0.29, 0.717) is 5.56 Å². The highest BCUT2D eigenvalue weighted by atomic mass is 19.4. The van der Waals surface area contributed by atoms with Gasteiger partial charge < -0.3 is 10.4 Å². The number of amides is 1.